The highest BCUT2D eigenvalue weighted by molar-refractivity contribution is 7.89. The van der Waals surface area contributed by atoms with Crippen LogP contribution in [0.15, 0.2) is 65.6 Å². The second-order valence-electron chi connectivity index (χ2n) is 6.63. The van der Waals surface area contributed by atoms with E-state index < -0.39 is 39.2 Å². The smallest absolute Gasteiger partial charge is 0.416 e. The van der Waals surface area contributed by atoms with Gasteiger partial charge in [-0.05, 0) is 48.5 Å². The van der Waals surface area contributed by atoms with Crippen LogP contribution in [0.5, 0.6) is 17.2 Å². The number of nitrogens with one attached hydrogen (secondary N) is 1. The first-order chi connectivity index (χ1) is 15.4. The summed E-state index contributed by atoms with van der Waals surface area (Å²) < 4.78 is 86.8. The van der Waals surface area contributed by atoms with Crippen molar-refractivity contribution in [3.63, 3.8) is 0 Å². The fourth-order valence-electron chi connectivity index (χ4n) is 2.76. The summed E-state index contributed by atoms with van der Waals surface area (Å²) in [6, 6.07) is 10.5. The topological polar surface area (TPSA) is 108 Å². The number of primary sulfonamides is 1. The molecule has 0 unspecified atom stereocenters. The molecule has 0 fully saturated rings. The number of sulfonamides is 1. The molecule has 0 bridgehead atoms. The van der Waals surface area contributed by atoms with Crippen molar-refractivity contribution in [1.29, 1.82) is 0 Å². The van der Waals surface area contributed by atoms with Gasteiger partial charge >= 0.3 is 6.18 Å². The zero-order valence-corrected chi connectivity index (χ0v) is 17.6. The Morgan fingerprint density at radius 1 is 1.00 bits per heavy atom. The molecule has 3 rings (SSSR count). The Bertz CT molecular complexity index is 1310. The highest BCUT2D eigenvalue weighted by Gasteiger charge is 2.32. The maximum absolute atomic E-state index is 14.0. The molecular formula is C21H16F4N2O5S. The minimum atomic E-state index is -4.73. The van der Waals surface area contributed by atoms with Crippen molar-refractivity contribution in [3.05, 3.63) is 77.6 Å². The standard InChI is InChI=1S/C21H16F4N2O5S/c1-31-18-8-6-14(11-17(18)22)32-19-9-12(21(23,24)25)5-7-16(19)20(28)27-13-3-2-4-15(10-13)33(26,29)30/h2-11H,1H3,(H,27,28)(H2,26,29,30). The number of alkyl halides is 3. The van der Waals surface area contributed by atoms with E-state index in [1.165, 1.54) is 37.4 Å². The summed E-state index contributed by atoms with van der Waals surface area (Å²) >= 11 is 0. The summed E-state index contributed by atoms with van der Waals surface area (Å²) in [5, 5.41) is 7.43. The molecule has 0 aliphatic heterocycles. The van der Waals surface area contributed by atoms with Crippen LogP contribution in [-0.2, 0) is 16.2 Å². The Hall–Kier alpha value is -3.64. The van der Waals surface area contributed by atoms with Crippen LogP contribution >= 0.6 is 0 Å². The van der Waals surface area contributed by atoms with Crippen LogP contribution in [0.3, 0.4) is 0 Å². The van der Waals surface area contributed by atoms with Gasteiger partial charge in [-0.3, -0.25) is 4.79 Å². The van der Waals surface area contributed by atoms with E-state index in [9.17, 15) is 30.8 Å². The average molecular weight is 484 g/mol. The highest BCUT2D eigenvalue weighted by Crippen LogP contribution is 2.36. The second kappa shape index (κ2) is 9.08. The lowest BCUT2D eigenvalue weighted by molar-refractivity contribution is -0.137. The van der Waals surface area contributed by atoms with Crippen molar-refractivity contribution in [3.8, 4) is 17.2 Å². The molecular weight excluding hydrogens is 468 g/mol. The third kappa shape index (κ3) is 5.79. The Morgan fingerprint density at radius 3 is 2.33 bits per heavy atom. The van der Waals surface area contributed by atoms with Crippen LogP contribution in [0.25, 0.3) is 0 Å². The van der Waals surface area contributed by atoms with E-state index in [0.717, 1.165) is 18.2 Å². The average Bonchev–Trinajstić information content (AvgIpc) is 2.73. The lowest BCUT2D eigenvalue weighted by atomic mass is 10.1. The Balaban J connectivity index is 1.99. The van der Waals surface area contributed by atoms with Crippen LogP contribution in [0, 0.1) is 5.82 Å². The maximum atomic E-state index is 14.0. The summed E-state index contributed by atoms with van der Waals surface area (Å²) in [4.78, 5) is 12.5. The molecule has 3 aromatic carbocycles. The third-order valence-electron chi connectivity index (χ3n) is 4.33. The number of halogens is 4. The number of hydrogen-bond acceptors (Lipinski definition) is 5. The molecule has 0 saturated carbocycles. The number of anilines is 1. The molecule has 0 aliphatic carbocycles. The van der Waals surface area contributed by atoms with Gasteiger partial charge in [0.25, 0.3) is 5.91 Å². The van der Waals surface area contributed by atoms with Gasteiger partial charge < -0.3 is 14.8 Å². The largest absolute Gasteiger partial charge is 0.494 e. The van der Waals surface area contributed by atoms with Gasteiger partial charge in [0.2, 0.25) is 10.0 Å². The van der Waals surface area contributed by atoms with Crippen molar-refractivity contribution in [2.24, 2.45) is 5.14 Å². The fraction of sp³-hybridized carbons (Fsp3) is 0.0952. The lowest BCUT2D eigenvalue weighted by Crippen LogP contribution is -2.16. The molecule has 0 spiro atoms. The summed E-state index contributed by atoms with van der Waals surface area (Å²) in [6.07, 6.45) is -4.73. The summed E-state index contributed by atoms with van der Waals surface area (Å²) in [6.45, 7) is 0. The van der Waals surface area contributed by atoms with Gasteiger partial charge in [-0.2, -0.15) is 13.2 Å². The first-order valence-electron chi connectivity index (χ1n) is 9.05. The molecule has 0 aliphatic rings. The van der Waals surface area contributed by atoms with E-state index in [1.54, 1.807) is 0 Å². The van der Waals surface area contributed by atoms with E-state index in [2.05, 4.69) is 5.32 Å². The molecule has 0 saturated heterocycles. The number of rotatable bonds is 6. The Morgan fingerprint density at radius 2 is 1.73 bits per heavy atom. The van der Waals surface area contributed by atoms with Crippen molar-refractivity contribution >= 4 is 21.6 Å². The van der Waals surface area contributed by atoms with E-state index in [-0.39, 0.29) is 27.6 Å². The number of benzene rings is 3. The molecule has 0 atom stereocenters. The summed E-state index contributed by atoms with van der Waals surface area (Å²) in [5.74, 6) is -2.53. The molecule has 3 N–H and O–H groups in total. The first kappa shape index (κ1) is 24.0. The number of carbonyl (C=O) groups is 1. The van der Waals surface area contributed by atoms with Crippen LogP contribution in [0.4, 0.5) is 23.2 Å². The Kier molecular flexibility index (Phi) is 6.60. The van der Waals surface area contributed by atoms with Crippen LogP contribution in [-0.4, -0.2) is 21.4 Å². The fourth-order valence-corrected chi connectivity index (χ4v) is 3.32. The number of carbonyl (C=O) groups excluding carboxylic acids is 1. The number of nitrogens with two attached hydrogens (primary N) is 1. The predicted octanol–water partition coefficient (Wildman–Crippen LogP) is 4.55. The molecule has 7 nitrogen and oxygen atoms in total. The third-order valence-corrected chi connectivity index (χ3v) is 5.24. The van der Waals surface area contributed by atoms with Gasteiger partial charge in [0.15, 0.2) is 11.6 Å². The van der Waals surface area contributed by atoms with E-state index in [1.807, 2.05) is 0 Å². The van der Waals surface area contributed by atoms with Crippen LogP contribution in [0.1, 0.15) is 15.9 Å². The van der Waals surface area contributed by atoms with Crippen molar-refractivity contribution in [2.75, 3.05) is 12.4 Å². The monoisotopic (exact) mass is 484 g/mol. The number of amides is 1. The van der Waals surface area contributed by atoms with Crippen molar-refractivity contribution in [2.45, 2.75) is 11.1 Å². The summed E-state index contributed by atoms with van der Waals surface area (Å²) in [7, 11) is -2.82. The van der Waals surface area contributed by atoms with Gasteiger partial charge in [-0.1, -0.05) is 6.07 Å². The number of hydrogen-bond donors (Lipinski definition) is 2. The zero-order chi connectivity index (χ0) is 24.4. The molecule has 0 radical (unpaired) electrons. The molecule has 0 aromatic heterocycles. The van der Waals surface area contributed by atoms with Gasteiger partial charge in [0.1, 0.15) is 11.5 Å². The maximum Gasteiger partial charge on any atom is 0.416 e. The predicted molar refractivity (Wildman–Crippen MR) is 110 cm³/mol. The van der Waals surface area contributed by atoms with Gasteiger partial charge in [-0.15, -0.1) is 0 Å². The zero-order valence-electron chi connectivity index (χ0n) is 16.8. The number of ether oxygens (including phenoxy) is 2. The normalized spacial score (nSPS) is 11.7. The minimum absolute atomic E-state index is 0.0212. The molecule has 1 amide bonds. The lowest BCUT2D eigenvalue weighted by Gasteiger charge is -2.15. The van der Waals surface area contributed by atoms with E-state index >= 15 is 0 Å². The molecule has 33 heavy (non-hydrogen) atoms. The van der Waals surface area contributed by atoms with Crippen molar-refractivity contribution in [1.82, 2.24) is 0 Å². The summed E-state index contributed by atoms with van der Waals surface area (Å²) in [5.41, 5.74) is -1.40. The molecule has 174 valence electrons. The number of methoxy groups -OCH3 is 1. The van der Waals surface area contributed by atoms with Crippen LogP contribution < -0.4 is 19.9 Å². The van der Waals surface area contributed by atoms with Gasteiger partial charge in [0, 0.05) is 11.8 Å². The first-order valence-corrected chi connectivity index (χ1v) is 10.6. The van der Waals surface area contributed by atoms with Crippen molar-refractivity contribution < 1.29 is 40.2 Å². The van der Waals surface area contributed by atoms with E-state index in [4.69, 9.17) is 14.6 Å². The quantitative estimate of drug-likeness (QED) is 0.500. The van der Waals surface area contributed by atoms with Gasteiger partial charge in [-0.25, -0.2) is 17.9 Å². The highest BCUT2D eigenvalue weighted by atomic mass is 32.2. The molecule has 12 heteroatoms. The SMILES string of the molecule is COc1ccc(Oc2cc(C(F)(F)F)ccc2C(=O)Nc2cccc(S(N)(=O)=O)c2)cc1F. The molecule has 3 aromatic rings. The van der Waals surface area contributed by atoms with E-state index in [0.29, 0.717) is 12.1 Å². The van der Waals surface area contributed by atoms with Gasteiger partial charge in [0.05, 0.1) is 23.1 Å². The second-order valence-corrected chi connectivity index (χ2v) is 8.20. The van der Waals surface area contributed by atoms with Crippen LogP contribution in [0.2, 0.25) is 0 Å². The minimum Gasteiger partial charge on any atom is -0.494 e. The Labute approximate surface area is 185 Å². The molecule has 0 heterocycles.